The van der Waals surface area contributed by atoms with Gasteiger partial charge in [-0.2, -0.15) is 0 Å². The highest BCUT2D eigenvalue weighted by molar-refractivity contribution is 6.22. The summed E-state index contributed by atoms with van der Waals surface area (Å²) in [6.07, 6.45) is 6.34. The van der Waals surface area contributed by atoms with Crippen molar-refractivity contribution in [3.05, 3.63) is 0 Å². The minimum absolute atomic E-state index is 0.0558. The molecule has 1 amide bonds. The summed E-state index contributed by atoms with van der Waals surface area (Å²) in [5, 5.41) is 2.88. The van der Waals surface area contributed by atoms with Crippen molar-refractivity contribution in [2.75, 3.05) is 11.8 Å². The molecular formula is C12H23Cl2NO. The fourth-order valence-electron chi connectivity index (χ4n) is 1.39. The number of rotatable bonds is 9. The van der Waals surface area contributed by atoms with E-state index in [-0.39, 0.29) is 5.91 Å². The lowest BCUT2D eigenvalue weighted by molar-refractivity contribution is -0.122. The Morgan fingerprint density at radius 1 is 1.12 bits per heavy atom. The van der Waals surface area contributed by atoms with E-state index in [9.17, 15) is 4.79 Å². The van der Waals surface area contributed by atoms with Crippen molar-refractivity contribution in [3.63, 3.8) is 0 Å². The van der Waals surface area contributed by atoms with Crippen molar-refractivity contribution >= 4 is 29.1 Å². The average molecular weight is 268 g/mol. The predicted molar refractivity (Wildman–Crippen MR) is 71.4 cm³/mol. The fraction of sp³-hybridized carbons (Fsp3) is 0.917. The molecule has 0 fully saturated rings. The van der Waals surface area contributed by atoms with Gasteiger partial charge in [0.2, 0.25) is 5.91 Å². The molecule has 16 heavy (non-hydrogen) atoms. The smallest absolute Gasteiger partial charge is 0.220 e. The highest BCUT2D eigenvalue weighted by atomic mass is 35.5. The number of amides is 1. The number of unbranched alkanes of at least 4 members (excludes halogenated alkanes) is 4. The molecule has 0 aromatic rings. The van der Waals surface area contributed by atoms with E-state index in [1.54, 1.807) is 0 Å². The maximum Gasteiger partial charge on any atom is 0.220 e. The summed E-state index contributed by atoms with van der Waals surface area (Å²) >= 11 is 11.5. The van der Waals surface area contributed by atoms with E-state index < -0.39 is 5.54 Å². The Morgan fingerprint density at radius 3 is 2.19 bits per heavy atom. The molecule has 0 heterocycles. The molecule has 0 saturated carbocycles. The summed E-state index contributed by atoms with van der Waals surface area (Å²) in [4.78, 5) is 11.6. The normalized spacial score (nSPS) is 11.5. The second kappa shape index (κ2) is 9.12. The number of halogens is 2. The van der Waals surface area contributed by atoms with Crippen LogP contribution in [0.2, 0.25) is 0 Å². The van der Waals surface area contributed by atoms with Crippen LogP contribution in [0.25, 0.3) is 0 Å². The highest BCUT2D eigenvalue weighted by Crippen LogP contribution is 2.10. The van der Waals surface area contributed by atoms with Gasteiger partial charge in [-0.05, 0) is 13.3 Å². The molecule has 0 aromatic heterocycles. The van der Waals surface area contributed by atoms with Crippen LogP contribution in [0.5, 0.6) is 0 Å². The van der Waals surface area contributed by atoms with Gasteiger partial charge in [-0.3, -0.25) is 4.79 Å². The molecule has 0 aliphatic heterocycles. The predicted octanol–water partition coefficient (Wildman–Crippen LogP) is 3.70. The Hall–Kier alpha value is 0.0500. The maximum atomic E-state index is 11.6. The first-order chi connectivity index (χ1) is 7.58. The Balaban J connectivity index is 3.65. The maximum absolute atomic E-state index is 11.6. The van der Waals surface area contributed by atoms with Crippen LogP contribution in [0.1, 0.15) is 52.4 Å². The molecule has 0 spiro atoms. The lowest BCUT2D eigenvalue weighted by Crippen LogP contribution is -2.49. The van der Waals surface area contributed by atoms with Gasteiger partial charge in [-0.1, -0.05) is 32.6 Å². The lowest BCUT2D eigenvalue weighted by atomic mass is 10.1. The summed E-state index contributed by atoms with van der Waals surface area (Å²) in [6.45, 7) is 4.04. The van der Waals surface area contributed by atoms with Crippen LogP contribution in [0.15, 0.2) is 0 Å². The minimum atomic E-state index is -0.469. The van der Waals surface area contributed by atoms with Gasteiger partial charge in [0.15, 0.2) is 0 Å². The first-order valence-corrected chi connectivity index (χ1v) is 7.08. The Bertz CT molecular complexity index is 193. The molecule has 0 unspecified atom stereocenters. The van der Waals surface area contributed by atoms with E-state index in [1.165, 1.54) is 19.3 Å². The molecule has 0 aliphatic carbocycles. The van der Waals surface area contributed by atoms with Crippen LogP contribution in [-0.2, 0) is 4.79 Å². The molecule has 96 valence electrons. The van der Waals surface area contributed by atoms with Gasteiger partial charge in [0.05, 0.1) is 5.54 Å². The molecule has 0 radical (unpaired) electrons. The number of alkyl halides is 2. The largest absolute Gasteiger partial charge is 0.349 e. The lowest BCUT2D eigenvalue weighted by Gasteiger charge is -2.25. The number of hydrogen-bond donors (Lipinski definition) is 1. The highest BCUT2D eigenvalue weighted by Gasteiger charge is 2.23. The van der Waals surface area contributed by atoms with E-state index in [0.29, 0.717) is 18.2 Å². The SMILES string of the molecule is CCCCCCCC(=O)NC(C)(CCl)CCl. The zero-order valence-corrected chi connectivity index (χ0v) is 11.8. The van der Waals surface area contributed by atoms with Crippen molar-refractivity contribution in [2.24, 2.45) is 0 Å². The first kappa shape index (κ1) is 16.1. The zero-order chi connectivity index (χ0) is 12.4. The first-order valence-electron chi connectivity index (χ1n) is 6.01. The van der Waals surface area contributed by atoms with Crippen LogP contribution >= 0.6 is 23.2 Å². The molecule has 2 nitrogen and oxygen atoms in total. The third-order valence-electron chi connectivity index (χ3n) is 2.54. The molecule has 1 N–H and O–H groups in total. The molecule has 0 rings (SSSR count). The summed E-state index contributed by atoms with van der Waals surface area (Å²) in [5.74, 6) is 0.746. The Labute approximate surface area is 109 Å². The average Bonchev–Trinajstić information content (AvgIpc) is 2.28. The van der Waals surface area contributed by atoms with Gasteiger partial charge in [0.1, 0.15) is 0 Å². The van der Waals surface area contributed by atoms with Gasteiger partial charge in [0.25, 0.3) is 0 Å². The van der Waals surface area contributed by atoms with Crippen molar-refractivity contribution < 1.29 is 4.79 Å². The molecule has 0 atom stereocenters. The summed E-state index contributed by atoms with van der Waals surface area (Å²) in [7, 11) is 0. The number of hydrogen-bond acceptors (Lipinski definition) is 1. The van der Waals surface area contributed by atoms with Crippen molar-refractivity contribution in [1.29, 1.82) is 0 Å². The number of nitrogens with one attached hydrogen (secondary N) is 1. The monoisotopic (exact) mass is 267 g/mol. The van der Waals surface area contributed by atoms with E-state index in [2.05, 4.69) is 12.2 Å². The standard InChI is InChI=1S/C12H23Cl2NO/c1-3-4-5-6-7-8-11(16)15-12(2,9-13)10-14/h3-10H2,1-2H3,(H,15,16). The molecule has 0 saturated heterocycles. The van der Waals surface area contributed by atoms with Crippen LogP contribution < -0.4 is 5.32 Å². The molecule has 4 heteroatoms. The molecular weight excluding hydrogens is 245 g/mol. The van der Waals surface area contributed by atoms with Crippen LogP contribution in [-0.4, -0.2) is 23.2 Å². The molecule has 0 aliphatic rings. The fourth-order valence-corrected chi connectivity index (χ4v) is 1.81. The third-order valence-corrected chi connectivity index (χ3v) is 3.72. The van der Waals surface area contributed by atoms with Crippen molar-refractivity contribution in [3.8, 4) is 0 Å². The van der Waals surface area contributed by atoms with E-state index in [1.807, 2.05) is 6.92 Å². The van der Waals surface area contributed by atoms with Gasteiger partial charge >= 0.3 is 0 Å². The quantitative estimate of drug-likeness (QED) is 0.501. The van der Waals surface area contributed by atoms with Crippen LogP contribution in [0.3, 0.4) is 0 Å². The number of carbonyl (C=O) groups excluding carboxylic acids is 1. The van der Waals surface area contributed by atoms with Gasteiger partial charge in [0, 0.05) is 18.2 Å². The van der Waals surface area contributed by atoms with Gasteiger partial charge in [-0.15, -0.1) is 23.2 Å². The number of carbonyl (C=O) groups is 1. The van der Waals surface area contributed by atoms with Crippen LogP contribution in [0, 0.1) is 0 Å². The Morgan fingerprint density at radius 2 is 1.69 bits per heavy atom. The van der Waals surface area contributed by atoms with E-state index >= 15 is 0 Å². The third kappa shape index (κ3) is 7.34. The van der Waals surface area contributed by atoms with Crippen molar-refractivity contribution in [1.82, 2.24) is 5.32 Å². The summed E-state index contributed by atoms with van der Waals surface area (Å²) in [5.41, 5.74) is -0.469. The summed E-state index contributed by atoms with van der Waals surface area (Å²) in [6, 6.07) is 0. The van der Waals surface area contributed by atoms with Crippen molar-refractivity contribution in [2.45, 2.75) is 57.9 Å². The molecule has 0 bridgehead atoms. The molecule has 0 aromatic carbocycles. The van der Waals surface area contributed by atoms with E-state index in [4.69, 9.17) is 23.2 Å². The summed E-state index contributed by atoms with van der Waals surface area (Å²) < 4.78 is 0. The van der Waals surface area contributed by atoms with Gasteiger partial charge in [-0.25, -0.2) is 0 Å². The zero-order valence-electron chi connectivity index (χ0n) is 10.3. The second-order valence-electron chi connectivity index (χ2n) is 4.54. The van der Waals surface area contributed by atoms with Crippen LogP contribution in [0.4, 0.5) is 0 Å². The second-order valence-corrected chi connectivity index (χ2v) is 5.07. The minimum Gasteiger partial charge on any atom is -0.349 e. The Kier molecular flexibility index (Phi) is 9.15. The topological polar surface area (TPSA) is 29.1 Å². The van der Waals surface area contributed by atoms with E-state index in [0.717, 1.165) is 12.8 Å². The van der Waals surface area contributed by atoms with Gasteiger partial charge < -0.3 is 5.32 Å².